The zero-order valence-electron chi connectivity index (χ0n) is 20.9. The fourth-order valence-electron chi connectivity index (χ4n) is 5.90. The second-order valence-electron chi connectivity index (χ2n) is 11.1. The lowest BCUT2D eigenvalue weighted by Crippen LogP contribution is -2.53. The van der Waals surface area contributed by atoms with Crippen LogP contribution in [-0.4, -0.2) is 74.9 Å². The van der Waals surface area contributed by atoms with Crippen molar-refractivity contribution in [3.63, 3.8) is 0 Å². The molecule has 4 N–H and O–H groups in total. The summed E-state index contributed by atoms with van der Waals surface area (Å²) in [6, 6.07) is 0. The Morgan fingerprint density at radius 1 is 1.32 bits per heavy atom. The minimum atomic E-state index is -2.08. The molecule has 9 atom stereocenters. The van der Waals surface area contributed by atoms with Gasteiger partial charge in [0.05, 0.1) is 19.3 Å². The summed E-state index contributed by atoms with van der Waals surface area (Å²) < 4.78 is 11.7. The fourth-order valence-corrected chi connectivity index (χ4v) is 5.90. The van der Waals surface area contributed by atoms with E-state index in [1.165, 1.54) is 6.08 Å². The number of esters is 1. The van der Waals surface area contributed by atoms with Gasteiger partial charge in [-0.15, -0.1) is 0 Å². The molecule has 3 aliphatic rings. The van der Waals surface area contributed by atoms with Gasteiger partial charge in [0.15, 0.2) is 17.0 Å². The van der Waals surface area contributed by atoms with Gasteiger partial charge in [-0.05, 0) is 67.6 Å². The van der Waals surface area contributed by atoms with E-state index in [1.807, 2.05) is 20.8 Å². The first-order valence-corrected chi connectivity index (χ1v) is 12.2. The van der Waals surface area contributed by atoms with Crippen LogP contribution >= 0.6 is 0 Å². The Labute approximate surface area is 201 Å². The van der Waals surface area contributed by atoms with E-state index in [9.17, 15) is 30.0 Å². The number of ether oxygens (including phenoxy) is 2. The Hall–Kier alpha value is -1.58. The van der Waals surface area contributed by atoms with Gasteiger partial charge in [-0.25, -0.2) is 4.79 Å². The number of fused-ring (bicyclic) bond motifs is 3. The van der Waals surface area contributed by atoms with Crippen molar-refractivity contribution in [3.8, 4) is 0 Å². The number of aliphatic hydroxyl groups is 4. The van der Waals surface area contributed by atoms with Crippen molar-refractivity contribution in [2.45, 2.75) is 89.8 Å². The summed E-state index contributed by atoms with van der Waals surface area (Å²) in [4.78, 5) is 26.1. The highest BCUT2D eigenvalue weighted by atomic mass is 16.6. The Morgan fingerprint density at radius 3 is 2.53 bits per heavy atom. The maximum absolute atomic E-state index is 13.1. The largest absolute Gasteiger partial charge is 0.456 e. The summed E-state index contributed by atoms with van der Waals surface area (Å²) in [5.41, 5.74) is -2.95. The van der Waals surface area contributed by atoms with E-state index in [0.29, 0.717) is 30.4 Å². The molecule has 0 aromatic carbocycles. The molecule has 34 heavy (non-hydrogen) atoms. The van der Waals surface area contributed by atoms with Crippen molar-refractivity contribution in [2.75, 3.05) is 13.2 Å². The normalized spacial score (nSPS) is 36.8. The van der Waals surface area contributed by atoms with Crippen LogP contribution in [0.25, 0.3) is 0 Å². The van der Waals surface area contributed by atoms with Gasteiger partial charge in [0.25, 0.3) is 0 Å². The average molecular weight is 481 g/mol. The molecule has 0 amide bonds. The predicted octanol–water partition coefficient (Wildman–Crippen LogP) is 1.69. The van der Waals surface area contributed by atoms with Crippen molar-refractivity contribution in [1.29, 1.82) is 0 Å². The molecule has 192 valence electrons. The molecule has 0 aromatic heterocycles. The molecule has 8 heteroatoms. The van der Waals surface area contributed by atoms with Gasteiger partial charge >= 0.3 is 5.97 Å². The van der Waals surface area contributed by atoms with Crippen LogP contribution in [0.5, 0.6) is 0 Å². The summed E-state index contributed by atoms with van der Waals surface area (Å²) >= 11 is 0. The van der Waals surface area contributed by atoms with E-state index in [4.69, 9.17) is 9.47 Å². The number of carbonyl (C=O) groups is 2. The van der Waals surface area contributed by atoms with Crippen molar-refractivity contribution >= 4 is 11.8 Å². The highest BCUT2D eigenvalue weighted by molar-refractivity contribution is 6.05. The van der Waals surface area contributed by atoms with Gasteiger partial charge in [-0.1, -0.05) is 34.3 Å². The van der Waals surface area contributed by atoms with E-state index < -0.39 is 47.5 Å². The third kappa shape index (κ3) is 4.28. The highest BCUT2D eigenvalue weighted by Crippen LogP contribution is 2.63. The molecule has 0 radical (unpaired) electrons. The summed E-state index contributed by atoms with van der Waals surface area (Å²) in [5.74, 6) is -1.29. The molecule has 1 saturated heterocycles. The Bertz CT molecular complexity index is 865. The molecule has 2 fully saturated rings. The zero-order valence-corrected chi connectivity index (χ0v) is 20.9. The van der Waals surface area contributed by atoms with E-state index in [-0.39, 0.29) is 36.6 Å². The summed E-state index contributed by atoms with van der Waals surface area (Å²) in [6.07, 6.45) is 1.47. The molecule has 1 heterocycles. The molecule has 0 spiro atoms. The van der Waals surface area contributed by atoms with Crippen molar-refractivity contribution in [2.24, 2.45) is 23.2 Å². The molecule has 0 bridgehead atoms. The Morgan fingerprint density at radius 2 is 1.97 bits per heavy atom. The van der Waals surface area contributed by atoms with Crippen molar-refractivity contribution < 1.29 is 39.5 Å². The molecule has 8 nitrogen and oxygen atoms in total. The van der Waals surface area contributed by atoms with Crippen LogP contribution in [0.2, 0.25) is 0 Å². The third-order valence-electron chi connectivity index (χ3n) is 8.56. The fraction of sp³-hybridized carbons (Fsp3) is 0.769. The maximum atomic E-state index is 13.1. The lowest BCUT2D eigenvalue weighted by atomic mass is 9.57. The third-order valence-corrected chi connectivity index (χ3v) is 8.56. The van der Waals surface area contributed by atoms with Crippen LogP contribution in [0.3, 0.4) is 0 Å². The summed E-state index contributed by atoms with van der Waals surface area (Å²) in [6.45, 7) is 12.2. The lowest BCUT2D eigenvalue weighted by molar-refractivity contribution is -0.178. The standard InChI is InChI=1S/C26H40O8/c1-14(9-15(2)18(5)29)11-25(32,13-28)23(31)33-20-8-7-16(3)24(6)19(20)10-21(30)26(17(4)12-27)22(24)34-26/h10,14-16,18,20,22,27-29,32H,4,7-9,11-13H2,1-3,5-6H3/t14?,15?,16-,18?,20+,22?,24+,25?,26-/m0/s1. The molecule has 1 aliphatic heterocycles. The zero-order chi connectivity index (χ0) is 25.6. The number of epoxide rings is 1. The molecular weight excluding hydrogens is 440 g/mol. The van der Waals surface area contributed by atoms with E-state index >= 15 is 0 Å². The minimum Gasteiger partial charge on any atom is -0.456 e. The quantitative estimate of drug-likeness (QED) is 0.211. The molecule has 2 aliphatic carbocycles. The van der Waals surface area contributed by atoms with Crippen LogP contribution < -0.4 is 0 Å². The van der Waals surface area contributed by atoms with Crippen LogP contribution in [0.15, 0.2) is 23.8 Å². The predicted molar refractivity (Wildman–Crippen MR) is 125 cm³/mol. The number of hydrogen-bond acceptors (Lipinski definition) is 8. The van der Waals surface area contributed by atoms with Gasteiger partial charge < -0.3 is 29.9 Å². The van der Waals surface area contributed by atoms with Crippen LogP contribution in [0, 0.1) is 23.2 Å². The Kier molecular flexibility index (Phi) is 7.52. The van der Waals surface area contributed by atoms with E-state index in [2.05, 4.69) is 13.5 Å². The lowest BCUT2D eigenvalue weighted by Gasteiger charge is -2.47. The van der Waals surface area contributed by atoms with Crippen LogP contribution in [-0.2, 0) is 19.1 Å². The monoisotopic (exact) mass is 480 g/mol. The minimum absolute atomic E-state index is 0.0110. The van der Waals surface area contributed by atoms with E-state index in [1.54, 1.807) is 6.92 Å². The molecule has 0 aromatic rings. The number of carbonyl (C=O) groups excluding carboxylic acids is 2. The first kappa shape index (κ1) is 27.0. The summed E-state index contributed by atoms with van der Waals surface area (Å²) in [7, 11) is 0. The molecule has 3 rings (SSSR count). The second kappa shape index (κ2) is 9.47. The van der Waals surface area contributed by atoms with Gasteiger partial charge in [-0.3, -0.25) is 4.79 Å². The van der Waals surface area contributed by atoms with Crippen molar-refractivity contribution in [1.82, 2.24) is 0 Å². The summed E-state index contributed by atoms with van der Waals surface area (Å²) in [5, 5.41) is 40.2. The Balaban J connectivity index is 1.81. The first-order chi connectivity index (χ1) is 15.8. The van der Waals surface area contributed by atoms with Gasteiger partial charge in [0.1, 0.15) is 12.2 Å². The number of rotatable bonds is 10. The second-order valence-corrected chi connectivity index (χ2v) is 11.1. The molecule has 1 saturated carbocycles. The molecular formula is C26H40O8. The maximum Gasteiger partial charge on any atom is 0.341 e. The highest BCUT2D eigenvalue weighted by Gasteiger charge is 2.74. The van der Waals surface area contributed by atoms with Crippen LogP contribution in [0.1, 0.15) is 60.3 Å². The van der Waals surface area contributed by atoms with Gasteiger partial charge in [0.2, 0.25) is 0 Å². The molecule has 5 unspecified atom stereocenters. The first-order valence-electron chi connectivity index (χ1n) is 12.2. The number of aliphatic hydroxyl groups excluding tert-OH is 3. The average Bonchev–Trinajstić information content (AvgIpc) is 3.55. The van der Waals surface area contributed by atoms with Gasteiger partial charge in [0, 0.05) is 5.41 Å². The van der Waals surface area contributed by atoms with Crippen molar-refractivity contribution in [3.05, 3.63) is 23.8 Å². The van der Waals surface area contributed by atoms with Gasteiger partial charge in [-0.2, -0.15) is 0 Å². The van der Waals surface area contributed by atoms with E-state index in [0.717, 1.165) is 0 Å². The SMILES string of the molecule is C=C(CO)[C@@]12OC1[C@@]1(C)C(=CC2=O)[C@H](OC(=O)C(O)(CO)CC(C)CC(C)C(C)O)CC[C@@H]1C. The number of ketones is 1. The smallest absolute Gasteiger partial charge is 0.341 e. The number of hydrogen-bond donors (Lipinski definition) is 4. The topological polar surface area (TPSA) is 137 Å². The van der Waals surface area contributed by atoms with Crippen LogP contribution in [0.4, 0.5) is 0 Å².